The fourth-order valence-corrected chi connectivity index (χ4v) is 2.64. The van der Waals surface area contributed by atoms with E-state index in [9.17, 15) is 0 Å². The molecule has 0 atom stereocenters. The number of aromatic amines is 1. The molecule has 3 rings (SSSR count). The minimum Gasteiger partial charge on any atom is -0.340 e. The van der Waals surface area contributed by atoms with Crippen LogP contribution < -0.4 is 0 Å². The molecule has 1 aliphatic rings. The van der Waals surface area contributed by atoms with Crippen LogP contribution in [0.25, 0.3) is 11.6 Å². The molecular weight excluding hydrogens is 244 g/mol. The SMILES string of the molecule is S=c1nc(-c2ncccn2)[nH]c2c1CCCCC2. The van der Waals surface area contributed by atoms with Crippen LogP contribution in [0.3, 0.4) is 0 Å². The van der Waals surface area contributed by atoms with Gasteiger partial charge in [-0.3, -0.25) is 0 Å². The predicted octanol–water partition coefficient (Wildman–Crippen LogP) is 2.87. The molecule has 0 saturated heterocycles. The van der Waals surface area contributed by atoms with Crippen molar-refractivity contribution in [2.24, 2.45) is 0 Å². The first-order valence-corrected chi connectivity index (χ1v) is 6.65. The first-order valence-electron chi connectivity index (χ1n) is 6.24. The van der Waals surface area contributed by atoms with E-state index in [4.69, 9.17) is 12.2 Å². The number of aromatic nitrogens is 4. The molecule has 92 valence electrons. The van der Waals surface area contributed by atoms with Crippen LogP contribution in [-0.2, 0) is 12.8 Å². The number of nitrogens with zero attached hydrogens (tertiary/aromatic N) is 3. The van der Waals surface area contributed by atoms with E-state index in [0.717, 1.165) is 12.8 Å². The van der Waals surface area contributed by atoms with E-state index in [-0.39, 0.29) is 0 Å². The molecule has 1 N–H and O–H groups in total. The van der Waals surface area contributed by atoms with Crippen LogP contribution in [0.1, 0.15) is 30.5 Å². The van der Waals surface area contributed by atoms with Gasteiger partial charge in [0.25, 0.3) is 0 Å². The average Bonchev–Trinajstić information content (AvgIpc) is 2.65. The van der Waals surface area contributed by atoms with E-state index >= 15 is 0 Å². The van der Waals surface area contributed by atoms with Crippen LogP contribution in [0.15, 0.2) is 18.5 Å². The van der Waals surface area contributed by atoms with Gasteiger partial charge in [-0.25, -0.2) is 15.0 Å². The first-order chi connectivity index (χ1) is 8.84. The summed E-state index contributed by atoms with van der Waals surface area (Å²) in [5.41, 5.74) is 2.43. The van der Waals surface area contributed by atoms with Gasteiger partial charge >= 0.3 is 0 Å². The lowest BCUT2D eigenvalue weighted by Gasteiger charge is -2.08. The van der Waals surface area contributed by atoms with Gasteiger partial charge in [-0.05, 0) is 31.7 Å². The molecule has 0 bridgehead atoms. The topological polar surface area (TPSA) is 54.5 Å². The molecule has 2 heterocycles. The zero-order chi connectivity index (χ0) is 12.4. The lowest BCUT2D eigenvalue weighted by Crippen LogP contribution is -2.03. The Labute approximate surface area is 111 Å². The fraction of sp³-hybridized carbons (Fsp3) is 0.385. The second-order valence-electron chi connectivity index (χ2n) is 4.48. The van der Waals surface area contributed by atoms with Crippen LogP contribution >= 0.6 is 12.2 Å². The summed E-state index contributed by atoms with van der Waals surface area (Å²) in [4.78, 5) is 16.2. The van der Waals surface area contributed by atoms with E-state index in [1.165, 1.54) is 30.5 Å². The third-order valence-electron chi connectivity index (χ3n) is 3.24. The van der Waals surface area contributed by atoms with Crippen molar-refractivity contribution in [2.45, 2.75) is 32.1 Å². The maximum Gasteiger partial charge on any atom is 0.195 e. The third-order valence-corrected chi connectivity index (χ3v) is 3.57. The zero-order valence-electron chi connectivity index (χ0n) is 10.0. The normalized spacial score (nSPS) is 14.9. The number of nitrogens with one attached hydrogen (secondary N) is 1. The molecule has 0 amide bonds. The monoisotopic (exact) mass is 258 g/mol. The number of rotatable bonds is 1. The molecule has 1 aliphatic carbocycles. The molecule has 0 saturated carbocycles. The van der Waals surface area contributed by atoms with Crippen molar-refractivity contribution in [3.63, 3.8) is 0 Å². The van der Waals surface area contributed by atoms with Gasteiger partial charge in [0.2, 0.25) is 0 Å². The lowest BCUT2D eigenvalue weighted by molar-refractivity contribution is 0.708. The van der Waals surface area contributed by atoms with Gasteiger partial charge in [-0.2, -0.15) is 0 Å². The largest absolute Gasteiger partial charge is 0.340 e. The summed E-state index contributed by atoms with van der Waals surface area (Å²) in [6.45, 7) is 0. The Kier molecular flexibility index (Phi) is 3.15. The molecule has 4 nitrogen and oxygen atoms in total. The number of fused-ring (bicyclic) bond motifs is 1. The van der Waals surface area contributed by atoms with Crippen molar-refractivity contribution in [1.82, 2.24) is 19.9 Å². The molecule has 0 radical (unpaired) electrons. The zero-order valence-corrected chi connectivity index (χ0v) is 10.8. The van der Waals surface area contributed by atoms with Crippen LogP contribution in [0.5, 0.6) is 0 Å². The second-order valence-corrected chi connectivity index (χ2v) is 4.87. The molecule has 5 heteroatoms. The van der Waals surface area contributed by atoms with Crippen molar-refractivity contribution >= 4 is 12.2 Å². The molecule has 0 spiro atoms. The summed E-state index contributed by atoms with van der Waals surface area (Å²) in [6, 6.07) is 1.79. The predicted molar refractivity (Wildman–Crippen MR) is 71.7 cm³/mol. The molecule has 0 aliphatic heterocycles. The average molecular weight is 258 g/mol. The molecule has 2 aromatic heterocycles. The van der Waals surface area contributed by atoms with Crippen LogP contribution in [0.4, 0.5) is 0 Å². The van der Waals surface area contributed by atoms with Gasteiger partial charge in [0.1, 0.15) is 4.64 Å². The van der Waals surface area contributed by atoms with E-state index in [1.54, 1.807) is 18.5 Å². The van der Waals surface area contributed by atoms with E-state index in [2.05, 4.69) is 19.9 Å². The highest BCUT2D eigenvalue weighted by Crippen LogP contribution is 2.21. The standard InChI is InChI=1S/C13H14N4S/c18-13-9-5-2-1-3-6-10(9)16-12(17-13)11-14-7-4-8-15-11/h4,7-8H,1-3,5-6H2,(H,16,17,18). The van der Waals surface area contributed by atoms with Crippen molar-refractivity contribution in [3.8, 4) is 11.6 Å². The molecular formula is C13H14N4S. The summed E-state index contributed by atoms with van der Waals surface area (Å²) in [5, 5.41) is 0. The van der Waals surface area contributed by atoms with Gasteiger partial charge in [-0.1, -0.05) is 18.6 Å². The highest BCUT2D eigenvalue weighted by atomic mass is 32.1. The van der Waals surface area contributed by atoms with E-state index in [1.807, 2.05) is 0 Å². The van der Waals surface area contributed by atoms with Gasteiger partial charge < -0.3 is 4.98 Å². The number of hydrogen-bond donors (Lipinski definition) is 1. The van der Waals surface area contributed by atoms with Crippen molar-refractivity contribution in [3.05, 3.63) is 34.4 Å². The van der Waals surface area contributed by atoms with Gasteiger partial charge in [-0.15, -0.1) is 0 Å². The number of aryl methyl sites for hydroxylation is 1. The van der Waals surface area contributed by atoms with Crippen LogP contribution in [-0.4, -0.2) is 19.9 Å². The third kappa shape index (κ3) is 2.18. The molecule has 0 aromatic carbocycles. The van der Waals surface area contributed by atoms with Crippen LogP contribution in [0.2, 0.25) is 0 Å². The van der Waals surface area contributed by atoms with Crippen molar-refractivity contribution in [1.29, 1.82) is 0 Å². The Hall–Kier alpha value is -1.62. The van der Waals surface area contributed by atoms with Crippen molar-refractivity contribution < 1.29 is 0 Å². The Morgan fingerprint density at radius 1 is 1.06 bits per heavy atom. The Morgan fingerprint density at radius 3 is 2.67 bits per heavy atom. The maximum atomic E-state index is 5.40. The summed E-state index contributed by atoms with van der Waals surface area (Å²) in [6.07, 6.45) is 9.17. The minimum atomic E-state index is 0.607. The molecule has 2 aromatic rings. The molecule has 0 unspecified atom stereocenters. The quantitative estimate of drug-likeness (QED) is 0.631. The van der Waals surface area contributed by atoms with E-state index in [0.29, 0.717) is 16.3 Å². The smallest absolute Gasteiger partial charge is 0.195 e. The van der Waals surface area contributed by atoms with Crippen molar-refractivity contribution in [2.75, 3.05) is 0 Å². The van der Waals surface area contributed by atoms with Gasteiger partial charge in [0, 0.05) is 23.7 Å². The summed E-state index contributed by atoms with van der Waals surface area (Å²) < 4.78 is 0.702. The summed E-state index contributed by atoms with van der Waals surface area (Å²) >= 11 is 5.40. The number of hydrogen-bond acceptors (Lipinski definition) is 4. The fourth-order valence-electron chi connectivity index (χ4n) is 2.32. The van der Waals surface area contributed by atoms with Gasteiger partial charge in [0.15, 0.2) is 11.6 Å². The first kappa shape index (κ1) is 11.5. The highest BCUT2D eigenvalue weighted by molar-refractivity contribution is 7.71. The minimum absolute atomic E-state index is 0.607. The highest BCUT2D eigenvalue weighted by Gasteiger charge is 2.13. The van der Waals surface area contributed by atoms with Gasteiger partial charge in [0.05, 0.1) is 0 Å². The summed E-state index contributed by atoms with van der Waals surface area (Å²) in [5.74, 6) is 1.29. The molecule has 18 heavy (non-hydrogen) atoms. The Balaban J connectivity index is 2.11. The second kappa shape index (κ2) is 4.94. The molecule has 0 fully saturated rings. The van der Waals surface area contributed by atoms with E-state index < -0.39 is 0 Å². The summed E-state index contributed by atoms with van der Waals surface area (Å²) in [7, 11) is 0. The number of H-pyrrole nitrogens is 1. The lowest BCUT2D eigenvalue weighted by atomic mass is 10.1. The van der Waals surface area contributed by atoms with Crippen LogP contribution in [0, 0.1) is 4.64 Å². The Bertz CT molecular complexity index is 606. The Morgan fingerprint density at radius 2 is 1.83 bits per heavy atom. The maximum absolute atomic E-state index is 5.40.